The summed E-state index contributed by atoms with van der Waals surface area (Å²) in [5.41, 5.74) is 1.05. The summed E-state index contributed by atoms with van der Waals surface area (Å²) in [6.45, 7) is 1.55. The van der Waals surface area contributed by atoms with Crippen molar-refractivity contribution in [2.45, 2.75) is 44.7 Å². The Balaban J connectivity index is 1.98. The SMILES string of the molecule is CC(C(=O)O)c1ccc(NC(=O)C2CCCC(C(F)(F)F)C2)cc1. The van der Waals surface area contributed by atoms with Gasteiger partial charge in [-0.1, -0.05) is 18.6 Å². The predicted molar refractivity (Wildman–Crippen MR) is 82.6 cm³/mol. The van der Waals surface area contributed by atoms with Gasteiger partial charge in [-0.25, -0.2) is 0 Å². The molecule has 1 aromatic rings. The van der Waals surface area contributed by atoms with Crippen LogP contribution in [0, 0.1) is 11.8 Å². The molecule has 0 aliphatic heterocycles. The van der Waals surface area contributed by atoms with Gasteiger partial charge in [0.25, 0.3) is 0 Å². The lowest BCUT2D eigenvalue weighted by atomic mass is 9.80. The normalized spacial score (nSPS) is 22.7. The van der Waals surface area contributed by atoms with Crippen molar-refractivity contribution in [2.75, 3.05) is 5.32 Å². The highest BCUT2D eigenvalue weighted by molar-refractivity contribution is 5.92. The lowest BCUT2D eigenvalue weighted by Crippen LogP contribution is -2.34. The summed E-state index contributed by atoms with van der Waals surface area (Å²) in [6.07, 6.45) is -3.52. The van der Waals surface area contributed by atoms with E-state index in [0.29, 0.717) is 24.1 Å². The number of alkyl halides is 3. The summed E-state index contributed by atoms with van der Waals surface area (Å²) >= 11 is 0. The zero-order chi connectivity index (χ0) is 17.9. The summed E-state index contributed by atoms with van der Waals surface area (Å²) < 4.78 is 38.4. The molecule has 3 unspecified atom stereocenters. The van der Waals surface area contributed by atoms with Gasteiger partial charge in [0, 0.05) is 11.6 Å². The molecule has 1 aromatic carbocycles. The number of hydrogen-bond acceptors (Lipinski definition) is 2. The van der Waals surface area contributed by atoms with Gasteiger partial charge in [-0.3, -0.25) is 9.59 Å². The number of carbonyl (C=O) groups is 2. The molecule has 1 aliphatic carbocycles. The van der Waals surface area contributed by atoms with Gasteiger partial charge in [0.2, 0.25) is 5.91 Å². The van der Waals surface area contributed by atoms with E-state index in [1.807, 2.05) is 0 Å². The molecular weight excluding hydrogens is 323 g/mol. The molecule has 0 aromatic heterocycles. The van der Waals surface area contributed by atoms with Crippen LogP contribution in [0.15, 0.2) is 24.3 Å². The minimum Gasteiger partial charge on any atom is -0.481 e. The number of carboxylic acids is 1. The first-order valence-electron chi connectivity index (χ1n) is 7.89. The molecule has 2 rings (SSSR count). The number of benzene rings is 1. The molecule has 132 valence electrons. The molecule has 0 radical (unpaired) electrons. The molecule has 1 fully saturated rings. The minimum atomic E-state index is -4.26. The van der Waals surface area contributed by atoms with E-state index in [2.05, 4.69) is 5.32 Å². The van der Waals surface area contributed by atoms with E-state index < -0.39 is 35.8 Å². The number of amides is 1. The average Bonchev–Trinajstić information content (AvgIpc) is 2.54. The number of rotatable bonds is 4. The van der Waals surface area contributed by atoms with Gasteiger partial charge in [0.05, 0.1) is 11.8 Å². The highest BCUT2D eigenvalue weighted by Gasteiger charge is 2.43. The van der Waals surface area contributed by atoms with Gasteiger partial charge in [-0.15, -0.1) is 0 Å². The predicted octanol–water partition coefficient (Wildman–Crippen LogP) is 4.18. The van der Waals surface area contributed by atoms with Crippen molar-refractivity contribution in [1.82, 2.24) is 0 Å². The summed E-state index contributed by atoms with van der Waals surface area (Å²) in [6, 6.07) is 6.31. The lowest BCUT2D eigenvalue weighted by molar-refractivity contribution is -0.185. The van der Waals surface area contributed by atoms with Gasteiger partial charge in [0.15, 0.2) is 0 Å². The van der Waals surface area contributed by atoms with Gasteiger partial charge >= 0.3 is 12.1 Å². The highest BCUT2D eigenvalue weighted by Crippen LogP contribution is 2.40. The van der Waals surface area contributed by atoms with Crippen molar-refractivity contribution < 1.29 is 27.9 Å². The first-order chi connectivity index (χ1) is 11.2. The largest absolute Gasteiger partial charge is 0.481 e. The van der Waals surface area contributed by atoms with Crippen LogP contribution in [0.25, 0.3) is 0 Å². The first kappa shape index (κ1) is 18.3. The Kier molecular flexibility index (Phi) is 5.51. The van der Waals surface area contributed by atoms with Crippen molar-refractivity contribution in [3.05, 3.63) is 29.8 Å². The smallest absolute Gasteiger partial charge is 0.391 e. The first-order valence-corrected chi connectivity index (χ1v) is 7.89. The minimum absolute atomic E-state index is 0.0784. The maximum atomic E-state index is 12.8. The molecule has 0 spiro atoms. The maximum Gasteiger partial charge on any atom is 0.391 e. The van der Waals surface area contributed by atoms with Crippen molar-refractivity contribution in [2.24, 2.45) is 11.8 Å². The third-order valence-electron chi connectivity index (χ3n) is 4.56. The summed E-state index contributed by atoms with van der Waals surface area (Å²) in [5.74, 6) is -4.10. The fraction of sp³-hybridized carbons (Fsp3) is 0.529. The molecule has 3 atom stereocenters. The quantitative estimate of drug-likeness (QED) is 0.862. The number of carbonyl (C=O) groups excluding carboxylic acids is 1. The summed E-state index contributed by atoms with van der Waals surface area (Å²) in [5, 5.41) is 11.6. The Hall–Kier alpha value is -2.05. The molecule has 1 amide bonds. The van der Waals surface area contributed by atoms with Crippen LogP contribution in [0.5, 0.6) is 0 Å². The molecule has 0 saturated heterocycles. The van der Waals surface area contributed by atoms with Crippen molar-refractivity contribution in [3.8, 4) is 0 Å². The van der Waals surface area contributed by atoms with Crippen LogP contribution in [0.3, 0.4) is 0 Å². The second kappa shape index (κ2) is 7.23. The van der Waals surface area contributed by atoms with Crippen LogP contribution in [0.1, 0.15) is 44.1 Å². The van der Waals surface area contributed by atoms with Gasteiger partial charge in [0.1, 0.15) is 0 Å². The van der Waals surface area contributed by atoms with Crippen LogP contribution in [0.4, 0.5) is 18.9 Å². The molecule has 1 saturated carbocycles. The topological polar surface area (TPSA) is 66.4 Å². The maximum absolute atomic E-state index is 12.8. The van der Waals surface area contributed by atoms with Crippen LogP contribution in [-0.2, 0) is 9.59 Å². The molecule has 1 aliphatic rings. The van der Waals surface area contributed by atoms with Gasteiger partial charge in [-0.05, 0) is 43.9 Å². The number of carboxylic acid groups (broad SMARTS) is 1. The number of anilines is 1. The van der Waals surface area contributed by atoms with Crippen LogP contribution in [-0.4, -0.2) is 23.2 Å². The molecule has 2 N–H and O–H groups in total. The van der Waals surface area contributed by atoms with Crippen molar-refractivity contribution >= 4 is 17.6 Å². The lowest BCUT2D eigenvalue weighted by Gasteiger charge is -2.29. The van der Waals surface area contributed by atoms with E-state index in [1.165, 1.54) is 0 Å². The second-order valence-corrected chi connectivity index (χ2v) is 6.27. The average molecular weight is 343 g/mol. The Bertz CT molecular complexity index is 598. The van der Waals surface area contributed by atoms with E-state index in [4.69, 9.17) is 5.11 Å². The van der Waals surface area contributed by atoms with E-state index >= 15 is 0 Å². The summed E-state index contributed by atoms with van der Waals surface area (Å²) in [7, 11) is 0. The third kappa shape index (κ3) is 4.49. The Morgan fingerprint density at radius 2 is 1.83 bits per heavy atom. The van der Waals surface area contributed by atoms with Gasteiger partial charge in [-0.2, -0.15) is 13.2 Å². The van der Waals surface area contributed by atoms with E-state index in [-0.39, 0.29) is 12.8 Å². The molecule has 0 heterocycles. The molecule has 4 nitrogen and oxygen atoms in total. The van der Waals surface area contributed by atoms with Crippen LogP contribution < -0.4 is 5.32 Å². The third-order valence-corrected chi connectivity index (χ3v) is 4.56. The monoisotopic (exact) mass is 343 g/mol. The Morgan fingerprint density at radius 3 is 2.38 bits per heavy atom. The Labute approximate surface area is 138 Å². The molecule has 0 bridgehead atoms. The molecule has 24 heavy (non-hydrogen) atoms. The van der Waals surface area contributed by atoms with Crippen molar-refractivity contribution in [1.29, 1.82) is 0 Å². The van der Waals surface area contributed by atoms with E-state index in [9.17, 15) is 22.8 Å². The Morgan fingerprint density at radius 1 is 1.21 bits per heavy atom. The fourth-order valence-corrected chi connectivity index (χ4v) is 2.97. The van der Waals surface area contributed by atoms with E-state index in [1.54, 1.807) is 31.2 Å². The second-order valence-electron chi connectivity index (χ2n) is 6.27. The zero-order valence-corrected chi connectivity index (χ0v) is 13.3. The highest BCUT2D eigenvalue weighted by atomic mass is 19.4. The number of hydrogen-bond donors (Lipinski definition) is 2. The van der Waals surface area contributed by atoms with Crippen LogP contribution in [0.2, 0.25) is 0 Å². The van der Waals surface area contributed by atoms with E-state index in [0.717, 1.165) is 0 Å². The molecular formula is C17H20F3NO3. The zero-order valence-electron chi connectivity index (χ0n) is 13.3. The number of halogens is 3. The van der Waals surface area contributed by atoms with Crippen molar-refractivity contribution in [3.63, 3.8) is 0 Å². The standard InChI is InChI=1S/C17H20F3NO3/c1-10(16(23)24)11-5-7-14(8-6-11)21-15(22)12-3-2-4-13(9-12)17(18,19)20/h5-8,10,12-13H,2-4,9H2,1H3,(H,21,22)(H,23,24). The van der Waals surface area contributed by atoms with Gasteiger partial charge < -0.3 is 10.4 Å². The summed E-state index contributed by atoms with van der Waals surface area (Å²) in [4.78, 5) is 23.1. The van der Waals surface area contributed by atoms with Crippen LogP contribution >= 0.6 is 0 Å². The number of aliphatic carboxylic acids is 1. The number of nitrogens with one attached hydrogen (secondary N) is 1. The molecule has 7 heteroatoms. The fourth-order valence-electron chi connectivity index (χ4n) is 2.97.